The lowest BCUT2D eigenvalue weighted by atomic mass is 10.2. The molecule has 2 rings (SSSR count). The van der Waals surface area contributed by atoms with Gasteiger partial charge in [0.15, 0.2) is 0 Å². The highest BCUT2D eigenvalue weighted by atomic mass is 127. The van der Waals surface area contributed by atoms with Crippen molar-refractivity contribution >= 4 is 28.7 Å². The van der Waals surface area contributed by atoms with E-state index < -0.39 is 0 Å². The average Bonchev–Trinajstić information content (AvgIpc) is 2.42. The molecular formula is C16H15IO. The molecule has 0 atom stereocenters. The molecule has 0 saturated heterocycles. The van der Waals surface area contributed by atoms with Crippen LogP contribution in [-0.2, 0) is 11.3 Å². The third-order valence-electron chi connectivity index (χ3n) is 2.51. The second kappa shape index (κ2) is 7.34. The predicted octanol–water partition coefficient (Wildman–Crippen LogP) is 4.52. The normalized spacial score (nSPS) is 10.9. The van der Waals surface area contributed by atoms with Gasteiger partial charge in [-0.3, -0.25) is 0 Å². The van der Waals surface area contributed by atoms with Crippen molar-refractivity contribution in [3.63, 3.8) is 0 Å². The van der Waals surface area contributed by atoms with E-state index in [1.165, 1.54) is 14.7 Å². The van der Waals surface area contributed by atoms with Gasteiger partial charge in [-0.1, -0.05) is 54.6 Å². The Balaban J connectivity index is 1.73. The highest BCUT2D eigenvalue weighted by Crippen LogP contribution is 2.08. The summed E-state index contributed by atoms with van der Waals surface area (Å²) < 4.78 is 6.84. The minimum atomic E-state index is 0.640. The zero-order valence-electron chi connectivity index (χ0n) is 10.1. The van der Waals surface area contributed by atoms with Gasteiger partial charge in [-0.15, -0.1) is 0 Å². The molecule has 0 saturated carbocycles. The molecule has 18 heavy (non-hydrogen) atoms. The molecule has 0 aliphatic rings. The maximum absolute atomic E-state index is 5.59. The number of hydrogen-bond acceptors (Lipinski definition) is 1. The van der Waals surface area contributed by atoms with Crippen LogP contribution in [0.2, 0.25) is 0 Å². The van der Waals surface area contributed by atoms with Crippen LogP contribution in [0.25, 0.3) is 6.08 Å². The van der Waals surface area contributed by atoms with Gasteiger partial charge in [0.2, 0.25) is 0 Å². The van der Waals surface area contributed by atoms with Crippen LogP contribution < -0.4 is 0 Å². The van der Waals surface area contributed by atoms with Gasteiger partial charge in [0, 0.05) is 3.57 Å². The zero-order valence-corrected chi connectivity index (χ0v) is 12.2. The number of hydrogen-bond donors (Lipinski definition) is 0. The zero-order chi connectivity index (χ0) is 12.6. The Morgan fingerprint density at radius 1 is 0.944 bits per heavy atom. The van der Waals surface area contributed by atoms with Crippen molar-refractivity contribution in [1.82, 2.24) is 0 Å². The molecule has 0 amide bonds. The van der Waals surface area contributed by atoms with Crippen molar-refractivity contribution in [2.75, 3.05) is 6.61 Å². The van der Waals surface area contributed by atoms with Crippen molar-refractivity contribution < 1.29 is 4.74 Å². The fraction of sp³-hybridized carbons (Fsp3) is 0.125. The average molecular weight is 350 g/mol. The van der Waals surface area contributed by atoms with Gasteiger partial charge in [-0.2, -0.15) is 0 Å². The lowest BCUT2D eigenvalue weighted by Crippen LogP contribution is -1.92. The molecule has 0 bridgehead atoms. The van der Waals surface area contributed by atoms with Gasteiger partial charge < -0.3 is 4.74 Å². The van der Waals surface area contributed by atoms with Crippen molar-refractivity contribution in [2.24, 2.45) is 0 Å². The summed E-state index contributed by atoms with van der Waals surface area (Å²) in [5.41, 5.74) is 2.42. The lowest BCUT2D eigenvalue weighted by Gasteiger charge is -2.01. The van der Waals surface area contributed by atoms with Crippen LogP contribution in [0.5, 0.6) is 0 Å². The van der Waals surface area contributed by atoms with Gasteiger partial charge in [0.05, 0.1) is 13.2 Å². The van der Waals surface area contributed by atoms with Crippen LogP contribution in [0.4, 0.5) is 0 Å². The van der Waals surface area contributed by atoms with Gasteiger partial charge in [-0.25, -0.2) is 0 Å². The summed E-state index contributed by atoms with van der Waals surface area (Å²) in [4.78, 5) is 0. The SMILES string of the molecule is Ic1ccc(COCC=Cc2ccccc2)cc1. The largest absolute Gasteiger partial charge is 0.373 e. The van der Waals surface area contributed by atoms with Gasteiger partial charge >= 0.3 is 0 Å². The van der Waals surface area contributed by atoms with E-state index in [1.54, 1.807) is 0 Å². The molecule has 2 aromatic carbocycles. The van der Waals surface area contributed by atoms with Crippen LogP contribution in [0.3, 0.4) is 0 Å². The Morgan fingerprint density at radius 3 is 2.39 bits per heavy atom. The topological polar surface area (TPSA) is 9.23 Å². The minimum absolute atomic E-state index is 0.640. The number of ether oxygens (including phenoxy) is 1. The van der Waals surface area contributed by atoms with Crippen LogP contribution in [0.15, 0.2) is 60.7 Å². The van der Waals surface area contributed by atoms with Crippen molar-refractivity contribution in [2.45, 2.75) is 6.61 Å². The van der Waals surface area contributed by atoms with Gasteiger partial charge in [0.1, 0.15) is 0 Å². The molecule has 0 radical (unpaired) electrons. The Kier molecular flexibility index (Phi) is 5.42. The second-order valence-electron chi connectivity index (χ2n) is 3.95. The van der Waals surface area contributed by atoms with E-state index in [0.717, 1.165) is 0 Å². The molecule has 0 N–H and O–H groups in total. The van der Waals surface area contributed by atoms with E-state index in [1.807, 2.05) is 24.3 Å². The Bertz CT molecular complexity index is 488. The molecule has 2 aromatic rings. The lowest BCUT2D eigenvalue weighted by molar-refractivity contribution is 0.149. The highest BCUT2D eigenvalue weighted by Gasteiger charge is 1.92. The summed E-state index contributed by atoms with van der Waals surface area (Å²) >= 11 is 2.30. The van der Waals surface area contributed by atoms with Crippen LogP contribution >= 0.6 is 22.6 Å². The molecule has 92 valence electrons. The predicted molar refractivity (Wildman–Crippen MR) is 84.3 cm³/mol. The van der Waals surface area contributed by atoms with Crippen molar-refractivity contribution in [1.29, 1.82) is 0 Å². The fourth-order valence-electron chi connectivity index (χ4n) is 1.57. The molecule has 0 unspecified atom stereocenters. The van der Waals surface area contributed by atoms with Gasteiger partial charge in [-0.05, 0) is 45.9 Å². The van der Waals surface area contributed by atoms with Crippen LogP contribution in [0, 0.1) is 3.57 Å². The molecule has 1 nitrogen and oxygen atoms in total. The third kappa shape index (κ3) is 4.63. The smallest absolute Gasteiger partial charge is 0.0721 e. The first kappa shape index (κ1) is 13.3. The Hall–Kier alpha value is -1.13. The first-order chi connectivity index (χ1) is 8.84. The van der Waals surface area contributed by atoms with E-state index in [2.05, 4.69) is 65.1 Å². The van der Waals surface area contributed by atoms with Gasteiger partial charge in [0.25, 0.3) is 0 Å². The number of halogens is 1. The molecule has 0 aromatic heterocycles. The van der Waals surface area contributed by atoms with E-state index in [0.29, 0.717) is 13.2 Å². The maximum Gasteiger partial charge on any atom is 0.0721 e. The Labute approximate surface area is 122 Å². The van der Waals surface area contributed by atoms with Crippen molar-refractivity contribution in [3.05, 3.63) is 75.4 Å². The minimum Gasteiger partial charge on any atom is -0.373 e. The summed E-state index contributed by atoms with van der Waals surface area (Å²) in [5, 5.41) is 0. The molecule has 0 aliphatic heterocycles. The van der Waals surface area contributed by atoms with Crippen molar-refractivity contribution in [3.8, 4) is 0 Å². The van der Waals surface area contributed by atoms with E-state index in [9.17, 15) is 0 Å². The number of benzene rings is 2. The second-order valence-corrected chi connectivity index (χ2v) is 5.20. The standard InChI is InChI=1S/C16H15IO/c17-16-10-8-15(9-11-16)13-18-12-4-7-14-5-2-1-3-6-14/h1-11H,12-13H2. The van der Waals surface area contributed by atoms with Crippen LogP contribution in [0.1, 0.15) is 11.1 Å². The molecule has 0 spiro atoms. The maximum atomic E-state index is 5.59. The molecule has 0 aliphatic carbocycles. The molecule has 0 heterocycles. The number of rotatable bonds is 5. The molecular weight excluding hydrogens is 335 g/mol. The monoisotopic (exact) mass is 350 g/mol. The Morgan fingerprint density at radius 2 is 1.67 bits per heavy atom. The highest BCUT2D eigenvalue weighted by molar-refractivity contribution is 14.1. The van der Waals surface area contributed by atoms with Crippen LogP contribution in [-0.4, -0.2) is 6.61 Å². The first-order valence-electron chi connectivity index (χ1n) is 5.88. The van der Waals surface area contributed by atoms with E-state index >= 15 is 0 Å². The summed E-state index contributed by atoms with van der Waals surface area (Å²) in [6, 6.07) is 18.6. The molecule has 2 heteroatoms. The molecule has 0 fully saturated rings. The summed E-state index contributed by atoms with van der Waals surface area (Å²) in [6.45, 7) is 1.30. The quantitative estimate of drug-likeness (QED) is 0.569. The summed E-state index contributed by atoms with van der Waals surface area (Å²) in [7, 11) is 0. The third-order valence-corrected chi connectivity index (χ3v) is 3.23. The summed E-state index contributed by atoms with van der Waals surface area (Å²) in [6.07, 6.45) is 4.12. The van der Waals surface area contributed by atoms with E-state index in [-0.39, 0.29) is 0 Å². The van der Waals surface area contributed by atoms with E-state index in [4.69, 9.17) is 4.74 Å². The first-order valence-corrected chi connectivity index (χ1v) is 6.96. The summed E-state index contributed by atoms with van der Waals surface area (Å²) in [5.74, 6) is 0. The fourth-order valence-corrected chi connectivity index (χ4v) is 1.93.